The van der Waals surface area contributed by atoms with Crippen LogP contribution in [-0.4, -0.2) is 16.4 Å². The second-order valence-corrected chi connectivity index (χ2v) is 5.50. The number of aromatic nitrogens is 2. The Kier molecular flexibility index (Phi) is 4.77. The third-order valence-electron chi connectivity index (χ3n) is 2.86. The molecule has 0 N–H and O–H groups in total. The molecule has 0 aliphatic rings. The molecule has 0 unspecified atom stereocenters. The van der Waals surface area contributed by atoms with E-state index in [-0.39, 0.29) is 12.4 Å². The molecular formula is C16H11BrFN3O2. The van der Waals surface area contributed by atoms with Crippen LogP contribution < -0.4 is 0 Å². The highest BCUT2D eigenvalue weighted by atomic mass is 79.9. The monoisotopic (exact) mass is 375 g/mol. The first kappa shape index (κ1) is 15.4. The first-order valence-corrected chi connectivity index (χ1v) is 7.49. The van der Waals surface area contributed by atoms with E-state index in [2.05, 4.69) is 31.2 Å². The lowest BCUT2D eigenvalue weighted by Crippen LogP contribution is -1.89. The van der Waals surface area contributed by atoms with Gasteiger partial charge in [-0.05, 0) is 29.8 Å². The van der Waals surface area contributed by atoms with Crippen molar-refractivity contribution in [3.8, 4) is 11.4 Å². The summed E-state index contributed by atoms with van der Waals surface area (Å²) < 4.78 is 19.0. The third-order valence-corrected chi connectivity index (χ3v) is 3.36. The summed E-state index contributed by atoms with van der Waals surface area (Å²) in [6.07, 6.45) is 1.41. The average Bonchev–Trinajstić information content (AvgIpc) is 3.01. The molecule has 0 amide bonds. The topological polar surface area (TPSA) is 60.5 Å². The van der Waals surface area contributed by atoms with Gasteiger partial charge in [0.15, 0.2) is 6.61 Å². The van der Waals surface area contributed by atoms with E-state index in [1.807, 2.05) is 24.3 Å². The Morgan fingerprint density at radius 3 is 2.91 bits per heavy atom. The highest BCUT2D eigenvalue weighted by Crippen LogP contribution is 2.20. The molecule has 2 aromatic carbocycles. The number of halogens is 2. The standard InChI is InChI=1S/C16H11BrFN3O2/c17-13-5-2-4-12(8-13)16-20-15(23-21-16)10-22-19-9-11-3-1-6-14(18)7-11/h1-9H,10H2/b19-9-. The van der Waals surface area contributed by atoms with Gasteiger partial charge in [-0.25, -0.2) is 4.39 Å². The van der Waals surface area contributed by atoms with Gasteiger partial charge in [-0.3, -0.25) is 0 Å². The number of rotatable bonds is 5. The van der Waals surface area contributed by atoms with Gasteiger partial charge >= 0.3 is 0 Å². The first-order valence-electron chi connectivity index (χ1n) is 6.70. The lowest BCUT2D eigenvalue weighted by atomic mass is 10.2. The van der Waals surface area contributed by atoms with Gasteiger partial charge in [0.25, 0.3) is 5.89 Å². The summed E-state index contributed by atoms with van der Waals surface area (Å²) in [5.41, 5.74) is 1.43. The SMILES string of the molecule is Fc1cccc(/C=N\OCc2nc(-c3cccc(Br)c3)no2)c1. The average molecular weight is 376 g/mol. The van der Waals surface area contributed by atoms with E-state index < -0.39 is 0 Å². The van der Waals surface area contributed by atoms with Crippen molar-refractivity contribution in [2.24, 2.45) is 5.16 Å². The van der Waals surface area contributed by atoms with E-state index in [1.54, 1.807) is 12.1 Å². The predicted molar refractivity (Wildman–Crippen MR) is 86.2 cm³/mol. The highest BCUT2D eigenvalue weighted by molar-refractivity contribution is 9.10. The van der Waals surface area contributed by atoms with Crippen molar-refractivity contribution in [1.29, 1.82) is 0 Å². The van der Waals surface area contributed by atoms with E-state index >= 15 is 0 Å². The van der Waals surface area contributed by atoms with Crippen molar-refractivity contribution < 1.29 is 13.8 Å². The van der Waals surface area contributed by atoms with Crippen LogP contribution in [0.15, 0.2) is 62.7 Å². The van der Waals surface area contributed by atoms with Crippen molar-refractivity contribution in [1.82, 2.24) is 10.1 Å². The Bertz CT molecular complexity index is 835. The third kappa shape index (κ3) is 4.23. The minimum Gasteiger partial charge on any atom is -0.386 e. The summed E-state index contributed by atoms with van der Waals surface area (Å²) in [7, 11) is 0. The molecule has 3 rings (SSSR count). The molecule has 0 atom stereocenters. The molecule has 116 valence electrons. The molecule has 0 fully saturated rings. The number of oxime groups is 1. The molecule has 0 spiro atoms. The van der Waals surface area contributed by atoms with Gasteiger partial charge in [-0.2, -0.15) is 4.98 Å². The van der Waals surface area contributed by atoms with Gasteiger partial charge in [0.2, 0.25) is 5.82 Å². The molecule has 1 heterocycles. The highest BCUT2D eigenvalue weighted by Gasteiger charge is 2.09. The molecule has 7 heteroatoms. The molecule has 0 radical (unpaired) electrons. The maximum Gasteiger partial charge on any atom is 0.267 e. The molecule has 0 saturated heterocycles. The van der Waals surface area contributed by atoms with E-state index in [9.17, 15) is 4.39 Å². The van der Waals surface area contributed by atoms with Crippen molar-refractivity contribution in [3.63, 3.8) is 0 Å². The van der Waals surface area contributed by atoms with Crippen molar-refractivity contribution in [2.75, 3.05) is 0 Å². The van der Waals surface area contributed by atoms with Crippen LogP contribution in [-0.2, 0) is 11.4 Å². The van der Waals surface area contributed by atoms with Gasteiger partial charge in [-0.15, -0.1) is 0 Å². The zero-order valence-electron chi connectivity index (χ0n) is 11.8. The number of benzene rings is 2. The quantitative estimate of drug-likeness (QED) is 0.495. The summed E-state index contributed by atoms with van der Waals surface area (Å²) in [4.78, 5) is 9.30. The molecule has 5 nitrogen and oxygen atoms in total. The van der Waals surface area contributed by atoms with Crippen LogP contribution in [0.3, 0.4) is 0 Å². The molecular weight excluding hydrogens is 365 g/mol. The fourth-order valence-corrected chi connectivity index (χ4v) is 2.24. The number of nitrogens with zero attached hydrogens (tertiary/aromatic N) is 3. The second-order valence-electron chi connectivity index (χ2n) is 4.59. The van der Waals surface area contributed by atoms with Gasteiger partial charge in [0.1, 0.15) is 5.82 Å². The van der Waals surface area contributed by atoms with Crippen LogP contribution in [0.4, 0.5) is 4.39 Å². The molecule has 3 aromatic rings. The van der Waals surface area contributed by atoms with Crippen LogP contribution in [0.25, 0.3) is 11.4 Å². The van der Waals surface area contributed by atoms with Gasteiger partial charge < -0.3 is 9.36 Å². The summed E-state index contributed by atoms with van der Waals surface area (Å²) in [6, 6.07) is 13.6. The lowest BCUT2D eigenvalue weighted by Gasteiger charge is -1.95. The minimum absolute atomic E-state index is 0.0345. The van der Waals surface area contributed by atoms with Crippen molar-refractivity contribution >= 4 is 22.1 Å². The van der Waals surface area contributed by atoms with Crippen LogP contribution in [0.2, 0.25) is 0 Å². The van der Waals surface area contributed by atoms with Crippen LogP contribution in [0.5, 0.6) is 0 Å². The molecule has 0 bridgehead atoms. The Morgan fingerprint density at radius 2 is 2.09 bits per heavy atom. The van der Waals surface area contributed by atoms with Crippen molar-refractivity contribution in [3.05, 3.63) is 70.3 Å². The summed E-state index contributed by atoms with van der Waals surface area (Å²) in [5, 5.41) is 7.63. The van der Waals surface area contributed by atoms with Gasteiger partial charge in [0.05, 0.1) is 6.21 Å². The Balaban J connectivity index is 1.59. The fraction of sp³-hybridized carbons (Fsp3) is 0.0625. The largest absolute Gasteiger partial charge is 0.386 e. The number of hydrogen-bond donors (Lipinski definition) is 0. The number of hydrogen-bond acceptors (Lipinski definition) is 5. The zero-order chi connectivity index (χ0) is 16.1. The predicted octanol–water partition coefficient (Wildman–Crippen LogP) is 4.19. The van der Waals surface area contributed by atoms with Crippen LogP contribution in [0, 0.1) is 5.82 Å². The van der Waals surface area contributed by atoms with E-state index in [1.165, 1.54) is 18.3 Å². The second kappa shape index (κ2) is 7.15. The van der Waals surface area contributed by atoms with Gasteiger partial charge in [0, 0.05) is 10.0 Å². The minimum atomic E-state index is -0.329. The Morgan fingerprint density at radius 1 is 1.22 bits per heavy atom. The normalized spacial score (nSPS) is 11.0. The van der Waals surface area contributed by atoms with Crippen LogP contribution >= 0.6 is 15.9 Å². The smallest absolute Gasteiger partial charge is 0.267 e. The van der Waals surface area contributed by atoms with E-state index in [0.29, 0.717) is 17.3 Å². The lowest BCUT2D eigenvalue weighted by molar-refractivity contribution is 0.107. The van der Waals surface area contributed by atoms with Crippen LogP contribution in [0.1, 0.15) is 11.5 Å². The maximum atomic E-state index is 13.0. The molecule has 0 aliphatic carbocycles. The maximum absolute atomic E-state index is 13.0. The first-order chi connectivity index (χ1) is 11.2. The zero-order valence-corrected chi connectivity index (χ0v) is 13.4. The summed E-state index contributed by atoms with van der Waals surface area (Å²) >= 11 is 3.39. The van der Waals surface area contributed by atoms with E-state index in [0.717, 1.165) is 10.0 Å². The fourth-order valence-electron chi connectivity index (χ4n) is 1.84. The molecule has 1 aromatic heterocycles. The molecule has 23 heavy (non-hydrogen) atoms. The Hall–Kier alpha value is -2.54. The Labute approximate surface area is 139 Å². The summed E-state index contributed by atoms with van der Waals surface area (Å²) in [6.45, 7) is 0.0345. The van der Waals surface area contributed by atoms with Crippen molar-refractivity contribution in [2.45, 2.75) is 6.61 Å². The molecule has 0 saturated carbocycles. The summed E-state index contributed by atoms with van der Waals surface area (Å²) in [5.74, 6) is 0.444. The molecule has 0 aliphatic heterocycles. The van der Waals surface area contributed by atoms with E-state index in [4.69, 9.17) is 9.36 Å². The van der Waals surface area contributed by atoms with Gasteiger partial charge in [-0.1, -0.05) is 50.5 Å².